The van der Waals surface area contributed by atoms with Gasteiger partial charge in [-0.3, -0.25) is 4.79 Å². The maximum Gasteiger partial charge on any atom is 0.241 e. The van der Waals surface area contributed by atoms with Gasteiger partial charge < -0.3 is 20.1 Å². The van der Waals surface area contributed by atoms with Gasteiger partial charge >= 0.3 is 0 Å². The third-order valence-electron chi connectivity index (χ3n) is 4.61. The van der Waals surface area contributed by atoms with Crippen LogP contribution in [0.5, 0.6) is 5.75 Å². The van der Waals surface area contributed by atoms with Crippen LogP contribution in [0.25, 0.3) is 0 Å². The van der Waals surface area contributed by atoms with E-state index in [1.165, 1.54) is 18.2 Å². The Hall–Kier alpha value is -2.08. The SMILES string of the molecule is COCC(N)C(=O)N(C)Cc1cc(C)c(OCc2ccccc2C)c(C)c1.Cl. The van der Waals surface area contributed by atoms with E-state index in [1.807, 2.05) is 26.0 Å². The highest BCUT2D eigenvalue weighted by Gasteiger charge is 2.18. The van der Waals surface area contributed by atoms with Gasteiger partial charge in [0.25, 0.3) is 0 Å². The number of halogens is 1. The van der Waals surface area contributed by atoms with E-state index in [-0.39, 0.29) is 24.9 Å². The average molecular weight is 407 g/mol. The summed E-state index contributed by atoms with van der Waals surface area (Å²) in [7, 11) is 3.29. The van der Waals surface area contributed by atoms with Gasteiger partial charge in [0.1, 0.15) is 18.4 Å². The number of carbonyl (C=O) groups excluding carboxylic acids is 1. The van der Waals surface area contributed by atoms with Gasteiger partial charge in [-0.1, -0.05) is 36.4 Å². The Kier molecular flexibility index (Phi) is 9.46. The van der Waals surface area contributed by atoms with Gasteiger partial charge in [-0.25, -0.2) is 0 Å². The first-order valence-electron chi connectivity index (χ1n) is 9.10. The standard InChI is InChI=1S/C22H30N2O3.ClH/c1-15-8-6-7-9-19(15)13-27-21-16(2)10-18(11-17(21)3)12-24(4)22(25)20(23)14-26-5;/h6-11,20H,12-14,23H2,1-5H3;1H. The van der Waals surface area contributed by atoms with E-state index < -0.39 is 6.04 Å². The third kappa shape index (κ3) is 6.23. The topological polar surface area (TPSA) is 64.8 Å². The van der Waals surface area contributed by atoms with Crippen LogP contribution in [-0.4, -0.2) is 37.6 Å². The van der Waals surface area contributed by atoms with Crippen molar-refractivity contribution in [2.75, 3.05) is 20.8 Å². The number of carbonyl (C=O) groups is 1. The third-order valence-corrected chi connectivity index (χ3v) is 4.61. The molecule has 2 rings (SSSR count). The molecule has 0 saturated carbocycles. The molecule has 2 aromatic rings. The number of hydrogen-bond acceptors (Lipinski definition) is 4. The monoisotopic (exact) mass is 406 g/mol. The van der Waals surface area contributed by atoms with Crippen LogP contribution in [0.4, 0.5) is 0 Å². The molecule has 0 saturated heterocycles. The molecule has 5 nitrogen and oxygen atoms in total. The molecule has 154 valence electrons. The number of ether oxygens (including phenoxy) is 2. The van der Waals surface area contributed by atoms with Crippen molar-refractivity contribution in [1.82, 2.24) is 4.90 Å². The molecule has 0 radical (unpaired) electrons. The van der Waals surface area contributed by atoms with E-state index >= 15 is 0 Å². The Morgan fingerprint density at radius 3 is 2.29 bits per heavy atom. The van der Waals surface area contributed by atoms with Gasteiger partial charge in [0.05, 0.1) is 6.61 Å². The number of hydrogen-bond donors (Lipinski definition) is 1. The quantitative estimate of drug-likeness (QED) is 0.728. The van der Waals surface area contributed by atoms with Crippen LogP contribution in [0, 0.1) is 20.8 Å². The van der Waals surface area contributed by atoms with E-state index in [1.54, 1.807) is 11.9 Å². The second kappa shape index (κ2) is 11.1. The van der Waals surface area contributed by atoms with Crippen molar-refractivity contribution in [2.45, 2.75) is 40.0 Å². The first kappa shape index (κ1) is 24.0. The number of likely N-dealkylation sites (N-methyl/N-ethyl adjacent to an activating group) is 1. The highest BCUT2D eigenvalue weighted by molar-refractivity contribution is 5.85. The molecular formula is C22H31ClN2O3. The fourth-order valence-corrected chi connectivity index (χ4v) is 3.17. The predicted molar refractivity (Wildman–Crippen MR) is 115 cm³/mol. The molecule has 0 aliphatic carbocycles. The minimum absolute atomic E-state index is 0. The summed E-state index contributed by atoms with van der Waals surface area (Å²) >= 11 is 0. The highest BCUT2D eigenvalue weighted by atomic mass is 35.5. The van der Waals surface area contributed by atoms with Crippen LogP contribution in [-0.2, 0) is 22.7 Å². The van der Waals surface area contributed by atoms with E-state index in [0.29, 0.717) is 13.2 Å². The molecule has 28 heavy (non-hydrogen) atoms. The fourth-order valence-electron chi connectivity index (χ4n) is 3.17. The maximum atomic E-state index is 12.3. The number of benzene rings is 2. The lowest BCUT2D eigenvalue weighted by molar-refractivity contribution is -0.132. The van der Waals surface area contributed by atoms with Gasteiger partial charge in [-0.05, 0) is 48.6 Å². The Labute approximate surface area is 174 Å². The second-order valence-electron chi connectivity index (χ2n) is 7.03. The van der Waals surface area contributed by atoms with Gasteiger partial charge in [0.15, 0.2) is 0 Å². The molecule has 2 N–H and O–H groups in total. The van der Waals surface area contributed by atoms with E-state index in [2.05, 4.69) is 31.2 Å². The van der Waals surface area contributed by atoms with Gasteiger partial charge in [-0.2, -0.15) is 0 Å². The molecule has 0 aliphatic heterocycles. The summed E-state index contributed by atoms with van der Waals surface area (Å²) in [5.74, 6) is 0.763. The van der Waals surface area contributed by atoms with Crippen molar-refractivity contribution in [3.8, 4) is 5.75 Å². The maximum absolute atomic E-state index is 12.3. The minimum atomic E-state index is -0.640. The van der Waals surface area contributed by atoms with Crippen LogP contribution >= 0.6 is 12.4 Å². The van der Waals surface area contributed by atoms with E-state index in [9.17, 15) is 4.79 Å². The Bertz CT molecular complexity index is 772. The molecular weight excluding hydrogens is 376 g/mol. The van der Waals surface area contributed by atoms with Crippen molar-refractivity contribution in [2.24, 2.45) is 5.73 Å². The van der Waals surface area contributed by atoms with Crippen molar-refractivity contribution >= 4 is 18.3 Å². The molecule has 1 unspecified atom stereocenters. The smallest absolute Gasteiger partial charge is 0.241 e. The molecule has 0 spiro atoms. The zero-order valence-electron chi connectivity index (χ0n) is 17.3. The number of methoxy groups -OCH3 is 1. The van der Waals surface area contributed by atoms with Crippen LogP contribution in [0.15, 0.2) is 36.4 Å². The summed E-state index contributed by atoms with van der Waals surface area (Å²) in [5.41, 5.74) is 11.4. The molecule has 2 aromatic carbocycles. The number of nitrogens with zero attached hydrogens (tertiary/aromatic N) is 1. The Balaban J connectivity index is 0.00000392. The van der Waals surface area contributed by atoms with Crippen LogP contribution in [0.2, 0.25) is 0 Å². The van der Waals surface area contributed by atoms with Crippen molar-refractivity contribution in [3.63, 3.8) is 0 Å². The zero-order valence-corrected chi connectivity index (χ0v) is 18.1. The van der Waals surface area contributed by atoms with Gasteiger partial charge in [0, 0.05) is 20.7 Å². The van der Waals surface area contributed by atoms with Gasteiger partial charge in [-0.15, -0.1) is 12.4 Å². The van der Waals surface area contributed by atoms with Crippen molar-refractivity contribution in [3.05, 3.63) is 64.2 Å². The number of rotatable bonds is 8. The summed E-state index contributed by atoms with van der Waals surface area (Å²) in [6.45, 7) is 7.40. The lowest BCUT2D eigenvalue weighted by Gasteiger charge is -2.22. The number of amides is 1. The largest absolute Gasteiger partial charge is 0.488 e. The Morgan fingerprint density at radius 2 is 1.71 bits per heavy atom. The van der Waals surface area contributed by atoms with Crippen molar-refractivity contribution in [1.29, 1.82) is 0 Å². The van der Waals surface area contributed by atoms with Gasteiger partial charge in [0.2, 0.25) is 5.91 Å². The minimum Gasteiger partial charge on any atom is -0.488 e. The van der Waals surface area contributed by atoms with Crippen LogP contribution < -0.4 is 10.5 Å². The fraction of sp³-hybridized carbons (Fsp3) is 0.409. The average Bonchev–Trinajstić information content (AvgIpc) is 2.62. The lowest BCUT2D eigenvalue weighted by atomic mass is 10.0. The second-order valence-corrected chi connectivity index (χ2v) is 7.03. The molecule has 0 bridgehead atoms. The first-order valence-corrected chi connectivity index (χ1v) is 9.10. The number of aryl methyl sites for hydroxylation is 3. The molecule has 6 heteroatoms. The molecule has 0 aliphatic rings. The normalized spacial score (nSPS) is 11.5. The number of nitrogens with two attached hydrogens (primary N) is 1. The molecule has 0 heterocycles. The summed E-state index contributed by atoms with van der Waals surface area (Å²) < 4.78 is 11.1. The molecule has 1 atom stereocenters. The summed E-state index contributed by atoms with van der Waals surface area (Å²) in [5, 5.41) is 0. The summed E-state index contributed by atoms with van der Waals surface area (Å²) in [4.78, 5) is 13.9. The molecule has 0 aromatic heterocycles. The molecule has 1 amide bonds. The predicted octanol–water partition coefficient (Wildman–Crippen LogP) is 3.54. The van der Waals surface area contributed by atoms with Crippen LogP contribution in [0.1, 0.15) is 27.8 Å². The first-order chi connectivity index (χ1) is 12.8. The van der Waals surface area contributed by atoms with Crippen LogP contribution in [0.3, 0.4) is 0 Å². The summed E-state index contributed by atoms with van der Waals surface area (Å²) in [6, 6.07) is 11.7. The molecule has 0 fully saturated rings. The lowest BCUT2D eigenvalue weighted by Crippen LogP contribution is -2.44. The van der Waals surface area contributed by atoms with E-state index in [0.717, 1.165) is 22.4 Å². The van der Waals surface area contributed by atoms with E-state index in [4.69, 9.17) is 15.2 Å². The van der Waals surface area contributed by atoms with Crippen molar-refractivity contribution < 1.29 is 14.3 Å². The highest BCUT2D eigenvalue weighted by Crippen LogP contribution is 2.26. The zero-order chi connectivity index (χ0) is 20.0. The summed E-state index contributed by atoms with van der Waals surface area (Å²) in [6.07, 6.45) is 0. The Morgan fingerprint density at radius 1 is 1.11 bits per heavy atom.